The van der Waals surface area contributed by atoms with Crippen LogP contribution in [0.4, 0.5) is 0 Å². The summed E-state index contributed by atoms with van der Waals surface area (Å²) >= 11 is 12.2. The SMILES string of the molecule is C[C@H](c1c(O)ccc(Cl)c1Cl)N1CCC[C@@H](C(=O)O)C1. The van der Waals surface area contributed by atoms with E-state index in [1.165, 1.54) is 6.07 Å². The Balaban J connectivity index is 2.25. The number of hydrogen-bond acceptors (Lipinski definition) is 3. The molecule has 2 atom stereocenters. The summed E-state index contributed by atoms with van der Waals surface area (Å²) in [5, 5.41) is 19.9. The zero-order valence-electron chi connectivity index (χ0n) is 11.1. The number of phenolic OH excluding ortho intramolecular Hbond substituents is 1. The van der Waals surface area contributed by atoms with Crippen molar-refractivity contribution in [3.05, 3.63) is 27.7 Å². The summed E-state index contributed by atoms with van der Waals surface area (Å²) in [4.78, 5) is 13.2. The quantitative estimate of drug-likeness (QED) is 0.894. The predicted octanol–water partition coefficient (Wildman–Crippen LogP) is 3.56. The van der Waals surface area contributed by atoms with Crippen molar-refractivity contribution < 1.29 is 15.0 Å². The van der Waals surface area contributed by atoms with E-state index < -0.39 is 5.97 Å². The Morgan fingerprint density at radius 2 is 2.15 bits per heavy atom. The predicted molar refractivity (Wildman–Crippen MR) is 78.5 cm³/mol. The Hall–Kier alpha value is -0.970. The van der Waals surface area contributed by atoms with Crippen molar-refractivity contribution in [2.24, 2.45) is 5.92 Å². The van der Waals surface area contributed by atoms with E-state index in [9.17, 15) is 9.90 Å². The van der Waals surface area contributed by atoms with Crippen molar-refractivity contribution >= 4 is 29.2 Å². The molecule has 0 unspecified atom stereocenters. The van der Waals surface area contributed by atoms with Gasteiger partial charge in [-0.15, -0.1) is 0 Å². The van der Waals surface area contributed by atoms with Gasteiger partial charge in [-0.3, -0.25) is 9.69 Å². The van der Waals surface area contributed by atoms with E-state index in [0.29, 0.717) is 28.6 Å². The smallest absolute Gasteiger partial charge is 0.307 e. The van der Waals surface area contributed by atoms with Crippen LogP contribution in [0, 0.1) is 5.92 Å². The summed E-state index contributed by atoms with van der Waals surface area (Å²) in [7, 11) is 0. The molecule has 0 radical (unpaired) electrons. The molecule has 0 amide bonds. The van der Waals surface area contributed by atoms with Gasteiger partial charge in [0.15, 0.2) is 0 Å². The second-order valence-corrected chi connectivity index (χ2v) is 5.93. The first-order valence-corrected chi connectivity index (χ1v) is 7.31. The molecule has 1 aromatic rings. The number of piperidine rings is 1. The molecule has 1 fully saturated rings. The van der Waals surface area contributed by atoms with Gasteiger partial charge in [0.05, 0.1) is 16.0 Å². The van der Waals surface area contributed by atoms with Crippen molar-refractivity contribution in [1.82, 2.24) is 4.90 Å². The van der Waals surface area contributed by atoms with Gasteiger partial charge in [-0.25, -0.2) is 0 Å². The third-order valence-electron chi connectivity index (χ3n) is 3.88. The maximum absolute atomic E-state index is 11.1. The molecule has 6 heteroatoms. The van der Waals surface area contributed by atoms with Gasteiger partial charge in [0.2, 0.25) is 0 Å². The summed E-state index contributed by atoms with van der Waals surface area (Å²) < 4.78 is 0. The number of nitrogens with zero attached hydrogens (tertiary/aromatic N) is 1. The number of carbonyl (C=O) groups is 1. The van der Waals surface area contributed by atoms with Crippen LogP contribution in [0.2, 0.25) is 10.0 Å². The summed E-state index contributed by atoms with van der Waals surface area (Å²) in [6, 6.07) is 2.88. The van der Waals surface area contributed by atoms with E-state index in [0.717, 1.165) is 13.0 Å². The van der Waals surface area contributed by atoms with Gasteiger partial charge >= 0.3 is 5.97 Å². The number of aliphatic carboxylic acids is 1. The number of phenols is 1. The van der Waals surface area contributed by atoms with E-state index >= 15 is 0 Å². The van der Waals surface area contributed by atoms with Crippen molar-refractivity contribution in [1.29, 1.82) is 0 Å². The average molecular weight is 318 g/mol. The number of halogens is 2. The molecule has 1 aliphatic heterocycles. The normalized spacial score (nSPS) is 21.6. The van der Waals surface area contributed by atoms with Crippen LogP contribution in [0.3, 0.4) is 0 Å². The van der Waals surface area contributed by atoms with Crippen LogP contribution in [0.1, 0.15) is 31.4 Å². The van der Waals surface area contributed by atoms with Crippen molar-refractivity contribution in [3.8, 4) is 5.75 Å². The lowest BCUT2D eigenvalue weighted by Crippen LogP contribution is -2.40. The van der Waals surface area contributed by atoms with E-state index in [4.69, 9.17) is 28.3 Å². The van der Waals surface area contributed by atoms with Gasteiger partial charge in [0, 0.05) is 18.2 Å². The van der Waals surface area contributed by atoms with Gasteiger partial charge in [-0.1, -0.05) is 23.2 Å². The van der Waals surface area contributed by atoms with Gasteiger partial charge in [0.25, 0.3) is 0 Å². The van der Waals surface area contributed by atoms with Gasteiger partial charge in [0.1, 0.15) is 5.75 Å². The number of carboxylic acid groups (broad SMARTS) is 1. The highest BCUT2D eigenvalue weighted by Gasteiger charge is 2.30. The standard InChI is InChI=1S/C14H17Cl2NO3/c1-8(12-11(18)5-4-10(15)13(12)16)17-6-2-3-9(7-17)14(19)20/h4-5,8-9,18H,2-3,6-7H2,1H3,(H,19,20)/t8-,9-/m1/s1. The molecular weight excluding hydrogens is 301 g/mol. The highest BCUT2D eigenvalue weighted by atomic mass is 35.5. The Morgan fingerprint density at radius 1 is 1.45 bits per heavy atom. The molecule has 0 saturated carbocycles. The molecule has 0 aromatic heterocycles. The molecular formula is C14H17Cl2NO3. The molecule has 110 valence electrons. The molecule has 4 nitrogen and oxygen atoms in total. The molecule has 0 spiro atoms. The van der Waals surface area contributed by atoms with Gasteiger partial charge in [-0.2, -0.15) is 0 Å². The molecule has 0 bridgehead atoms. The molecule has 2 N–H and O–H groups in total. The first-order chi connectivity index (χ1) is 9.41. The largest absolute Gasteiger partial charge is 0.508 e. The van der Waals surface area contributed by atoms with E-state index in [2.05, 4.69) is 0 Å². The number of benzene rings is 1. The minimum absolute atomic E-state index is 0.0874. The van der Waals surface area contributed by atoms with E-state index in [1.807, 2.05) is 11.8 Å². The summed E-state index contributed by atoms with van der Waals surface area (Å²) in [6.07, 6.45) is 1.51. The average Bonchev–Trinajstić information content (AvgIpc) is 2.43. The van der Waals surface area contributed by atoms with Crippen molar-refractivity contribution in [2.75, 3.05) is 13.1 Å². The van der Waals surface area contributed by atoms with Crippen LogP contribution in [-0.4, -0.2) is 34.2 Å². The zero-order valence-corrected chi connectivity index (χ0v) is 12.7. The third kappa shape index (κ3) is 3.03. The lowest BCUT2D eigenvalue weighted by atomic mass is 9.95. The monoisotopic (exact) mass is 317 g/mol. The fourth-order valence-corrected chi connectivity index (χ4v) is 3.18. The van der Waals surface area contributed by atoms with Crippen LogP contribution in [0.5, 0.6) is 5.75 Å². The van der Waals surface area contributed by atoms with Crippen LogP contribution in [0.25, 0.3) is 0 Å². The fourth-order valence-electron chi connectivity index (χ4n) is 2.70. The van der Waals surface area contributed by atoms with Gasteiger partial charge in [-0.05, 0) is 38.4 Å². The van der Waals surface area contributed by atoms with Gasteiger partial charge < -0.3 is 10.2 Å². The highest BCUT2D eigenvalue weighted by molar-refractivity contribution is 6.42. The lowest BCUT2D eigenvalue weighted by molar-refractivity contribution is -0.143. The first-order valence-electron chi connectivity index (χ1n) is 6.55. The van der Waals surface area contributed by atoms with Crippen LogP contribution in [-0.2, 0) is 4.79 Å². The van der Waals surface area contributed by atoms with Crippen molar-refractivity contribution in [3.63, 3.8) is 0 Å². The number of aromatic hydroxyl groups is 1. The molecule has 1 aliphatic rings. The van der Waals surface area contributed by atoms with Crippen LogP contribution < -0.4 is 0 Å². The molecule has 20 heavy (non-hydrogen) atoms. The molecule has 1 aromatic carbocycles. The topological polar surface area (TPSA) is 60.8 Å². The third-order valence-corrected chi connectivity index (χ3v) is 4.70. The zero-order chi connectivity index (χ0) is 14.9. The van der Waals surface area contributed by atoms with Crippen LogP contribution >= 0.6 is 23.2 Å². The Morgan fingerprint density at radius 3 is 2.80 bits per heavy atom. The maximum Gasteiger partial charge on any atom is 0.307 e. The summed E-state index contributed by atoms with van der Waals surface area (Å²) in [5.74, 6) is -1.06. The molecule has 2 rings (SSSR count). The minimum Gasteiger partial charge on any atom is -0.508 e. The number of carboxylic acids is 1. The Bertz CT molecular complexity index is 521. The lowest BCUT2D eigenvalue weighted by Gasteiger charge is -2.36. The first kappa shape index (κ1) is 15.4. The van der Waals surface area contributed by atoms with Crippen LogP contribution in [0.15, 0.2) is 12.1 Å². The maximum atomic E-state index is 11.1. The second kappa shape index (κ2) is 6.20. The minimum atomic E-state index is -0.775. The number of likely N-dealkylation sites (tertiary alicyclic amines) is 1. The number of rotatable bonds is 3. The summed E-state index contributed by atoms with van der Waals surface area (Å²) in [6.45, 7) is 3.15. The fraction of sp³-hybridized carbons (Fsp3) is 0.500. The molecule has 0 aliphatic carbocycles. The van der Waals surface area contributed by atoms with E-state index in [-0.39, 0.29) is 17.7 Å². The summed E-state index contributed by atoms with van der Waals surface area (Å²) in [5.41, 5.74) is 0.560. The van der Waals surface area contributed by atoms with Crippen molar-refractivity contribution in [2.45, 2.75) is 25.8 Å². The Labute approximate surface area is 127 Å². The Kier molecular flexibility index (Phi) is 4.78. The highest BCUT2D eigenvalue weighted by Crippen LogP contribution is 2.39. The second-order valence-electron chi connectivity index (χ2n) is 5.14. The molecule has 1 saturated heterocycles. The molecule has 1 heterocycles. The van der Waals surface area contributed by atoms with E-state index in [1.54, 1.807) is 6.07 Å². The number of hydrogen-bond donors (Lipinski definition) is 2.